The predicted octanol–water partition coefficient (Wildman–Crippen LogP) is 5.23. The first-order valence-electron chi connectivity index (χ1n) is 13.7. The lowest BCUT2D eigenvalue weighted by atomic mass is 9.90. The second-order valence-corrected chi connectivity index (χ2v) is 11.3. The van der Waals surface area contributed by atoms with Gasteiger partial charge in [-0.15, -0.1) is 0 Å². The molecule has 40 heavy (non-hydrogen) atoms. The van der Waals surface area contributed by atoms with Crippen molar-refractivity contribution in [2.24, 2.45) is 0 Å². The van der Waals surface area contributed by atoms with Crippen molar-refractivity contribution in [1.82, 2.24) is 19.6 Å². The Labute approximate surface area is 233 Å². The second-order valence-electron chi connectivity index (χ2n) is 11.3. The molecule has 0 bridgehead atoms. The molecule has 3 aromatic rings. The van der Waals surface area contributed by atoms with Gasteiger partial charge in [0.2, 0.25) is 0 Å². The van der Waals surface area contributed by atoms with Crippen LogP contribution in [0.2, 0.25) is 0 Å². The fourth-order valence-corrected chi connectivity index (χ4v) is 5.36. The fraction of sp³-hybridized carbons (Fsp3) is 0.433. The molecule has 0 atom stereocenters. The molecule has 2 fully saturated rings. The minimum absolute atomic E-state index is 0.0225. The van der Waals surface area contributed by atoms with Crippen molar-refractivity contribution in [3.8, 4) is 5.69 Å². The molecule has 0 spiro atoms. The fourth-order valence-electron chi connectivity index (χ4n) is 5.36. The van der Waals surface area contributed by atoms with Gasteiger partial charge in [-0.1, -0.05) is 0 Å². The van der Waals surface area contributed by atoms with Gasteiger partial charge in [0.15, 0.2) is 0 Å². The molecule has 2 aliphatic rings. The first-order valence-corrected chi connectivity index (χ1v) is 13.7. The maximum atomic E-state index is 13.8. The number of amides is 2. The number of benzene rings is 2. The summed E-state index contributed by atoms with van der Waals surface area (Å²) >= 11 is 0. The number of ether oxygens (including phenoxy) is 1. The number of carbonyl (C=O) groups is 2. The summed E-state index contributed by atoms with van der Waals surface area (Å²) in [5, 5.41) is 4.58. The summed E-state index contributed by atoms with van der Waals surface area (Å²) in [5.74, 6) is -0.749. The molecule has 2 aliphatic heterocycles. The number of aromatic nitrogens is 2. The van der Waals surface area contributed by atoms with Gasteiger partial charge in [-0.2, -0.15) is 5.10 Å². The van der Waals surface area contributed by atoms with Crippen LogP contribution in [0.3, 0.4) is 0 Å². The van der Waals surface area contributed by atoms with Crippen LogP contribution in [0, 0.1) is 11.6 Å². The molecule has 212 valence electrons. The van der Waals surface area contributed by atoms with Gasteiger partial charge in [0.05, 0.1) is 23.1 Å². The Morgan fingerprint density at radius 2 is 1.35 bits per heavy atom. The standard InChI is InChI=1S/C30H35F2N5O3/c1-30(2,3)40-29(39)36-14-12-21(13-15-36)27-26(20-33-37(27)25-10-6-23(32)7-11-25)28(38)35-18-16-34(17-19-35)24-8-4-22(31)5-9-24/h4-11,20-21H,12-19H2,1-3H3. The van der Waals surface area contributed by atoms with Gasteiger partial charge in [0.25, 0.3) is 5.91 Å². The molecular formula is C30H35F2N5O3. The predicted molar refractivity (Wildman–Crippen MR) is 148 cm³/mol. The normalized spacial score (nSPS) is 16.8. The Morgan fingerprint density at radius 1 is 0.800 bits per heavy atom. The molecule has 8 nitrogen and oxygen atoms in total. The van der Waals surface area contributed by atoms with Gasteiger partial charge in [0, 0.05) is 50.9 Å². The lowest BCUT2D eigenvalue weighted by Gasteiger charge is -2.37. The van der Waals surface area contributed by atoms with Crippen molar-refractivity contribution in [3.63, 3.8) is 0 Å². The SMILES string of the molecule is CC(C)(C)OC(=O)N1CCC(c2c(C(=O)N3CCN(c4ccc(F)cc4)CC3)cnn2-c2ccc(F)cc2)CC1. The van der Waals surface area contributed by atoms with E-state index in [0.717, 1.165) is 11.4 Å². The number of hydrogen-bond donors (Lipinski definition) is 0. The van der Waals surface area contributed by atoms with Crippen molar-refractivity contribution in [2.75, 3.05) is 44.2 Å². The number of carbonyl (C=O) groups excluding carboxylic acids is 2. The summed E-state index contributed by atoms with van der Waals surface area (Å²) < 4.78 is 34.3. The van der Waals surface area contributed by atoms with Gasteiger partial charge >= 0.3 is 6.09 Å². The number of rotatable bonds is 4. The van der Waals surface area contributed by atoms with Gasteiger partial charge in [-0.25, -0.2) is 18.3 Å². The van der Waals surface area contributed by atoms with Crippen LogP contribution in [0.1, 0.15) is 55.6 Å². The topological polar surface area (TPSA) is 70.9 Å². The molecule has 10 heteroatoms. The zero-order chi connectivity index (χ0) is 28.4. The molecule has 5 rings (SSSR count). The Morgan fingerprint density at radius 3 is 1.90 bits per heavy atom. The van der Waals surface area contributed by atoms with E-state index in [1.54, 1.807) is 40.0 Å². The van der Waals surface area contributed by atoms with Crippen LogP contribution in [0.15, 0.2) is 54.7 Å². The highest BCUT2D eigenvalue weighted by molar-refractivity contribution is 5.95. The highest BCUT2D eigenvalue weighted by Crippen LogP contribution is 2.33. The zero-order valence-corrected chi connectivity index (χ0v) is 23.1. The van der Waals surface area contributed by atoms with Crippen molar-refractivity contribution in [2.45, 2.75) is 45.1 Å². The molecule has 2 amide bonds. The summed E-state index contributed by atoms with van der Waals surface area (Å²) in [6.07, 6.45) is 2.55. The highest BCUT2D eigenvalue weighted by Gasteiger charge is 2.34. The maximum absolute atomic E-state index is 13.8. The first-order chi connectivity index (χ1) is 19.1. The Kier molecular flexibility index (Phi) is 7.78. The minimum atomic E-state index is -0.574. The smallest absolute Gasteiger partial charge is 0.410 e. The van der Waals surface area contributed by atoms with Gasteiger partial charge in [0.1, 0.15) is 17.2 Å². The van der Waals surface area contributed by atoms with Gasteiger partial charge in [-0.3, -0.25) is 4.79 Å². The van der Waals surface area contributed by atoms with E-state index >= 15 is 0 Å². The lowest BCUT2D eigenvalue weighted by Crippen LogP contribution is -2.49. The first kappa shape index (κ1) is 27.6. The number of hydrogen-bond acceptors (Lipinski definition) is 5. The number of likely N-dealkylation sites (tertiary alicyclic amines) is 1. The van der Waals surface area contributed by atoms with Crippen molar-refractivity contribution in [3.05, 3.63) is 77.6 Å². The van der Waals surface area contributed by atoms with Crippen molar-refractivity contribution < 1.29 is 23.1 Å². The molecule has 0 radical (unpaired) electrons. The van der Waals surface area contributed by atoms with Crippen LogP contribution < -0.4 is 4.90 Å². The lowest BCUT2D eigenvalue weighted by molar-refractivity contribution is 0.0203. The molecule has 1 aromatic heterocycles. The van der Waals surface area contributed by atoms with E-state index in [2.05, 4.69) is 10.00 Å². The Balaban J connectivity index is 1.35. The number of halogens is 2. The molecule has 0 N–H and O–H groups in total. The molecule has 0 saturated carbocycles. The largest absolute Gasteiger partial charge is 0.444 e. The van der Waals surface area contributed by atoms with E-state index in [1.165, 1.54) is 24.3 Å². The quantitative estimate of drug-likeness (QED) is 0.444. The molecule has 2 saturated heterocycles. The summed E-state index contributed by atoms with van der Waals surface area (Å²) in [6, 6.07) is 12.4. The Bertz CT molecular complexity index is 1340. The number of anilines is 1. The van der Waals surface area contributed by atoms with Gasteiger partial charge in [-0.05, 0) is 82.1 Å². The number of nitrogens with zero attached hydrogens (tertiary/aromatic N) is 5. The summed E-state index contributed by atoms with van der Waals surface area (Å²) in [7, 11) is 0. The summed E-state index contributed by atoms with van der Waals surface area (Å²) in [6.45, 7) is 8.84. The molecule has 0 unspecified atom stereocenters. The third kappa shape index (κ3) is 6.11. The number of piperazine rings is 1. The third-order valence-corrected chi connectivity index (χ3v) is 7.40. The van der Waals surface area contributed by atoms with Crippen LogP contribution in [-0.2, 0) is 4.74 Å². The average molecular weight is 552 g/mol. The summed E-state index contributed by atoms with van der Waals surface area (Å²) in [4.78, 5) is 32.1. The van der Waals surface area contributed by atoms with Crippen molar-refractivity contribution in [1.29, 1.82) is 0 Å². The van der Waals surface area contributed by atoms with E-state index in [0.29, 0.717) is 63.4 Å². The molecule has 3 heterocycles. The third-order valence-electron chi connectivity index (χ3n) is 7.40. The average Bonchev–Trinajstić information content (AvgIpc) is 3.38. The monoisotopic (exact) mass is 551 g/mol. The van der Waals surface area contributed by atoms with E-state index in [4.69, 9.17) is 4.74 Å². The zero-order valence-electron chi connectivity index (χ0n) is 23.1. The van der Waals surface area contributed by atoms with E-state index < -0.39 is 5.60 Å². The maximum Gasteiger partial charge on any atom is 0.410 e. The minimum Gasteiger partial charge on any atom is -0.444 e. The van der Waals surface area contributed by atoms with E-state index in [9.17, 15) is 18.4 Å². The van der Waals surface area contributed by atoms with E-state index in [1.807, 2.05) is 25.7 Å². The van der Waals surface area contributed by atoms with Crippen LogP contribution in [0.5, 0.6) is 0 Å². The van der Waals surface area contributed by atoms with Crippen LogP contribution in [0.4, 0.5) is 19.3 Å². The van der Waals surface area contributed by atoms with Gasteiger partial charge < -0.3 is 19.4 Å². The van der Waals surface area contributed by atoms with Crippen molar-refractivity contribution >= 4 is 17.7 Å². The van der Waals surface area contributed by atoms with Crippen LogP contribution in [-0.4, -0.2) is 76.5 Å². The number of piperidine rings is 1. The Hall–Kier alpha value is -3.95. The molecule has 0 aliphatic carbocycles. The second kappa shape index (κ2) is 11.3. The molecular weight excluding hydrogens is 516 g/mol. The molecule has 2 aromatic carbocycles. The van der Waals surface area contributed by atoms with Crippen LogP contribution in [0.25, 0.3) is 5.69 Å². The van der Waals surface area contributed by atoms with Crippen LogP contribution >= 0.6 is 0 Å². The highest BCUT2D eigenvalue weighted by atomic mass is 19.1. The van der Waals surface area contributed by atoms with E-state index in [-0.39, 0.29) is 29.6 Å². The summed E-state index contributed by atoms with van der Waals surface area (Å²) in [5.41, 5.74) is 2.33.